The van der Waals surface area contributed by atoms with Gasteiger partial charge in [-0.1, -0.05) is 41.6 Å². The van der Waals surface area contributed by atoms with Crippen LogP contribution >= 0.6 is 7.75 Å². The van der Waals surface area contributed by atoms with Crippen molar-refractivity contribution in [3.05, 3.63) is 60.7 Å². The van der Waals surface area contributed by atoms with E-state index in [1.54, 1.807) is 48.5 Å². The fraction of sp³-hybridized carbons (Fsp3) is 0.0769. The highest BCUT2D eigenvalue weighted by atomic mass is 31.2. The standard InChI is InChI=1S/C13H14N3O3P/c1-14-15-16-20(17,18-12-8-4-2-5-9-12)19-13-10-6-3-7-11-13/h2-11H,1H3,(H,14,16,17). The molecule has 0 heterocycles. The van der Waals surface area contributed by atoms with E-state index in [4.69, 9.17) is 9.05 Å². The Morgan fingerprint density at radius 1 is 0.900 bits per heavy atom. The molecule has 0 fully saturated rings. The van der Waals surface area contributed by atoms with Crippen LogP contribution in [0.25, 0.3) is 0 Å². The Bertz CT molecular complexity index is 559. The van der Waals surface area contributed by atoms with Gasteiger partial charge < -0.3 is 9.05 Å². The van der Waals surface area contributed by atoms with Crippen LogP contribution in [0.5, 0.6) is 11.5 Å². The molecular formula is C13H14N3O3P. The van der Waals surface area contributed by atoms with Crippen molar-refractivity contribution in [3.63, 3.8) is 0 Å². The number of benzene rings is 2. The van der Waals surface area contributed by atoms with Crippen molar-refractivity contribution in [2.45, 2.75) is 0 Å². The Kier molecular flexibility index (Phi) is 4.74. The zero-order chi connectivity index (χ0) is 14.3. The van der Waals surface area contributed by atoms with Gasteiger partial charge in [-0.25, -0.2) is 4.57 Å². The SMILES string of the molecule is CN=NNP(=O)(Oc1ccccc1)Oc1ccccc1. The molecule has 104 valence electrons. The summed E-state index contributed by atoms with van der Waals surface area (Å²) in [6.45, 7) is 0. The highest BCUT2D eigenvalue weighted by molar-refractivity contribution is 7.52. The molecule has 0 unspecified atom stereocenters. The minimum absolute atomic E-state index is 0.408. The van der Waals surface area contributed by atoms with E-state index >= 15 is 0 Å². The first-order valence-electron chi connectivity index (χ1n) is 5.87. The van der Waals surface area contributed by atoms with E-state index in [0.29, 0.717) is 11.5 Å². The zero-order valence-corrected chi connectivity index (χ0v) is 11.7. The number of para-hydroxylation sites is 2. The predicted molar refractivity (Wildman–Crippen MR) is 75.7 cm³/mol. The molecule has 2 aromatic rings. The van der Waals surface area contributed by atoms with Crippen molar-refractivity contribution in [1.29, 1.82) is 0 Å². The molecule has 20 heavy (non-hydrogen) atoms. The first kappa shape index (κ1) is 14.1. The lowest BCUT2D eigenvalue weighted by atomic mass is 10.3. The van der Waals surface area contributed by atoms with Crippen LogP contribution in [0.2, 0.25) is 0 Å². The minimum Gasteiger partial charge on any atom is -0.399 e. The Balaban J connectivity index is 2.19. The molecule has 1 N–H and O–H groups in total. The van der Waals surface area contributed by atoms with Crippen molar-refractivity contribution in [3.8, 4) is 11.5 Å². The van der Waals surface area contributed by atoms with E-state index in [9.17, 15) is 4.57 Å². The molecule has 6 nitrogen and oxygen atoms in total. The predicted octanol–water partition coefficient (Wildman–Crippen LogP) is 3.84. The number of nitrogens with one attached hydrogen (secondary N) is 1. The largest absolute Gasteiger partial charge is 0.558 e. The highest BCUT2D eigenvalue weighted by Gasteiger charge is 2.28. The van der Waals surface area contributed by atoms with Gasteiger partial charge in [0.25, 0.3) is 0 Å². The van der Waals surface area contributed by atoms with E-state index in [1.165, 1.54) is 7.05 Å². The Morgan fingerprint density at radius 2 is 1.35 bits per heavy atom. The van der Waals surface area contributed by atoms with Gasteiger partial charge in [0, 0.05) is 0 Å². The van der Waals surface area contributed by atoms with E-state index in [-0.39, 0.29) is 0 Å². The lowest BCUT2D eigenvalue weighted by molar-refractivity contribution is 0.370. The molecule has 0 bridgehead atoms. The summed E-state index contributed by atoms with van der Waals surface area (Å²) in [6, 6.07) is 17.4. The van der Waals surface area contributed by atoms with Crippen LogP contribution in [0.3, 0.4) is 0 Å². The number of nitrogens with zero attached hydrogens (tertiary/aromatic N) is 2. The monoisotopic (exact) mass is 291 g/mol. The molecule has 0 aromatic heterocycles. The maximum Gasteiger partial charge on any atom is 0.558 e. The second-order valence-electron chi connectivity index (χ2n) is 3.71. The normalized spacial score (nSPS) is 11.2. The second kappa shape index (κ2) is 6.73. The lowest BCUT2D eigenvalue weighted by Crippen LogP contribution is -2.13. The molecule has 2 rings (SSSR count). The van der Waals surface area contributed by atoms with Crippen molar-refractivity contribution in [2.75, 3.05) is 7.05 Å². The molecule has 0 atom stereocenters. The smallest absolute Gasteiger partial charge is 0.399 e. The van der Waals surface area contributed by atoms with Gasteiger partial charge in [0.15, 0.2) is 0 Å². The van der Waals surface area contributed by atoms with E-state index in [0.717, 1.165) is 0 Å². The van der Waals surface area contributed by atoms with E-state index < -0.39 is 7.75 Å². The fourth-order valence-electron chi connectivity index (χ4n) is 1.40. The third-order valence-corrected chi connectivity index (χ3v) is 3.44. The van der Waals surface area contributed by atoms with Crippen molar-refractivity contribution >= 4 is 7.75 Å². The molecule has 0 aliphatic rings. The third kappa shape index (κ3) is 4.10. The number of hydrogen-bond donors (Lipinski definition) is 1. The molecule has 0 radical (unpaired) electrons. The van der Waals surface area contributed by atoms with Crippen LogP contribution in [-0.4, -0.2) is 7.05 Å². The molecule has 0 saturated carbocycles. The molecular weight excluding hydrogens is 277 g/mol. The average Bonchev–Trinajstić information content (AvgIpc) is 2.47. The van der Waals surface area contributed by atoms with Gasteiger partial charge in [-0.05, 0) is 24.3 Å². The molecule has 7 heteroatoms. The highest BCUT2D eigenvalue weighted by Crippen LogP contribution is 2.44. The average molecular weight is 291 g/mol. The first-order chi connectivity index (χ1) is 9.72. The maximum absolute atomic E-state index is 12.6. The molecule has 0 saturated heterocycles. The van der Waals surface area contributed by atoms with Crippen LogP contribution in [0.4, 0.5) is 0 Å². The van der Waals surface area contributed by atoms with E-state index in [2.05, 4.69) is 15.5 Å². The third-order valence-electron chi connectivity index (χ3n) is 2.20. The zero-order valence-electron chi connectivity index (χ0n) is 10.8. The summed E-state index contributed by atoms with van der Waals surface area (Å²) in [5.41, 5.74) is 0. The number of hydrogen-bond acceptors (Lipinski definition) is 5. The van der Waals surface area contributed by atoms with Crippen LogP contribution in [-0.2, 0) is 4.57 Å². The lowest BCUT2D eigenvalue weighted by Gasteiger charge is -2.17. The van der Waals surface area contributed by atoms with Gasteiger partial charge in [-0.3, -0.25) is 0 Å². The molecule has 0 aliphatic heterocycles. The van der Waals surface area contributed by atoms with Gasteiger partial charge in [0.05, 0.1) is 7.05 Å². The quantitative estimate of drug-likeness (QED) is 0.498. The van der Waals surface area contributed by atoms with Gasteiger partial charge in [-0.15, -0.1) is 0 Å². The minimum atomic E-state index is -3.69. The van der Waals surface area contributed by atoms with Crippen LogP contribution < -0.4 is 14.2 Å². The summed E-state index contributed by atoms with van der Waals surface area (Å²) in [7, 11) is -2.24. The molecule has 2 aromatic carbocycles. The fourth-order valence-corrected chi connectivity index (χ4v) is 2.52. The summed E-state index contributed by atoms with van der Waals surface area (Å²) < 4.78 is 23.4. The Morgan fingerprint density at radius 3 is 1.75 bits per heavy atom. The van der Waals surface area contributed by atoms with Crippen LogP contribution in [0, 0.1) is 0 Å². The van der Waals surface area contributed by atoms with Gasteiger partial charge >= 0.3 is 7.75 Å². The Labute approximate surface area is 117 Å². The van der Waals surface area contributed by atoms with Crippen molar-refractivity contribution < 1.29 is 13.6 Å². The topological polar surface area (TPSA) is 72.3 Å². The van der Waals surface area contributed by atoms with Crippen molar-refractivity contribution in [1.82, 2.24) is 5.20 Å². The summed E-state index contributed by atoms with van der Waals surface area (Å²) in [5, 5.41) is 9.30. The van der Waals surface area contributed by atoms with E-state index in [1.807, 2.05) is 12.1 Å². The second-order valence-corrected chi connectivity index (χ2v) is 5.27. The first-order valence-corrected chi connectivity index (χ1v) is 7.41. The summed E-state index contributed by atoms with van der Waals surface area (Å²) in [5.74, 6) is 0.816. The summed E-state index contributed by atoms with van der Waals surface area (Å²) in [6.07, 6.45) is 0. The molecule has 0 aliphatic carbocycles. The maximum atomic E-state index is 12.6. The van der Waals surface area contributed by atoms with Gasteiger partial charge in [0.2, 0.25) is 0 Å². The molecule has 0 spiro atoms. The number of rotatable bonds is 6. The van der Waals surface area contributed by atoms with Gasteiger partial charge in [0.1, 0.15) is 11.5 Å². The summed E-state index contributed by atoms with van der Waals surface area (Å²) in [4.78, 5) is 0. The van der Waals surface area contributed by atoms with Crippen LogP contribution in [0.15, 0.2) is 71.0 Å². The van der Waals surface area contributed by atoms with Gasteiger partial charge in [-0.2, -0.15) is 10.3 Å². The Hall–Kier alpha value is -2.33. The van der Waals surface area contributed by atoms with Crippen LogP contribution in [0.1, 0.15) is 0 Å². The molecule has 0 amide bonds. The van der Waals surface area contributed by atoms with Crippen molar-refractivity contribution in [2.24, 2.45) is 10.3 Å². The summed E-state index contributed by atoms with van der Waals surface area (Å²) >= 11 is 0.